The Morgan fingerprint density at radius 3 is 2.57 bits per heavy atom. The number of aromatic nitrogens is 2. The molecule has 1 amide bonds. The molecule has 3 saturated carbocycles. The van der Waals surface area contributed by atoms with E-state index < -0.39 is 0 Å². The van der Waals surface area contributed by atoms with Gasteiger partial charge in [-0.05, 0) is 80.1 Å². The van der Waals surface area contributed by atoms with E-state index in [4.69, 9.17) is 5.10 Å². The first-order valence-corrected chi connectivity index (χ1v) is 12.8. The number of nitrogens with one attached hydrogen (secondary N) is 1. The van der Waals surface area contributed by atoms with Crippen molar-refractivity contribution in [3.8, 4) is 0 Å². The van der Waals surface area contributed by atoms with Gasteiger partial charge in [-0.3, -0.25) is 9.48 Å². The molecular formula is C26H41N3O. The second kappa shape index (κ2) is 7.67. The van der Waals surface area contributed by atoms with Crippen LogP contribution in [0.4, 0.5) is 0 Å². The van der Waals surface area contributed by atoms with E-state index in [0.717, 1.165) is 18.8 Å². The van der Waals surface area contributed by atoms with Crippen LogP contribution in [0, 0.1) is 16.7 Å². The predicted molar refractivity (Wildman–Crippen MR) is 120 cm³/mol. The van der Waals surface area contributed by atoms with Gasteiger partial charge in [0.15, 0.2) is 0 Å². The molecular weight excluding hydrogens is 370 g/mol. The van der Waals surface area contributed by atoms with Crippen molar-refractivity contribution in [1.82, 2.24) is 15.1 Å². The van der Waals surface area contributed by atoms with Gasteiger partial charge in [-0.15, -0.1) is 0 Å². The minimum absolute atomic E-state index is 0.227. The molecule has 2 bridgehead atoms. The van der Waals surface area contributed by atoms with Crippen LogP contribution < -0.4 is 5.32 Å². The summed E-state index contributed by atoms with van der Waals surface area (Å²) >= 11 is 0. The second-order valence-electron chi connectivity index (χ2n) is 11.7. The number of hydrogen-bond donors (Lipinski definition) is 1. The first-order valence-electron chi connectivity index (χ1n) is 12.8. The highest BCUT2D eigenvalue weighted by Crippen LogP contribution is 2.62. The van der Waals surface area contributed by atoms with Gasteiger partial charge in [0.05, 0.1) is 11.7 Å². The summed E-state index contributed by atoms with van der Waals surface area (Å²) in [5.41, 5.74) is 4.75. The fourth-order valence-corrected chi connectivity index (χ4v) is 7.66. The summed E-state index contributed by atoms with van der Waals surface area (Å²) in [7, 11) is 0. The summed E-state index contributed by atoms with van der Waals surface area (Å²) in [6, 6.07) is 0.924. The van der Waals surface area contributed by atoms with Crippen LogP contribution in [0.5, 0.6) is 0 Å². The average Bonchev–Trinajstić information content (AvgIpc) is 3.37. The van der Waals surface area contributed by atoms with Crippen LogP contribution in [0.3, 0.4) is 0 Å². The molecule has 3 atom stereocenters. The van der Waals surface area contributed by atoms with E-state index in [-0.39, 0.29) is 11.3 Å². The van der Waals surface area contributed by atoms with Crippen molar-refractivity contribution in [2.24, 2.45) is 16.7 Å². The fourth-order valence-electron chi connectivity index (χ4n) is 7.66. The van der Waals surface area contributed by atoms with E-state index in [2.05, 4.69) is 30.8 Å². The lowest BCUT2D eigenvalue weighted by molar-refractivity contribution is -0.123. The summed E-state index contributed by atoms with van der Waals surface area (Å²) in [5.74, 6) is 1.00. The van der Waals surface area contributed by atoms with Crippen LogP contribution in [-0.4, -0.2) is 21.7 Å². The normalized spacial score (nSPS) is 32.9. The largest absolute Gasteiger partial charge is 0.352 e. The maximum Gasteiger partial charge on any atom is 0.220 e. The zero-order chi connectivity index (χ0) is 20.9. The Labute approximate surface area is 182 Å². The average molecular weight is 412 g/mol. The van der Waals surface area contributed by atoms with Gasteiger partial charge in [-0.2, -0.15) is 5.10 Å². The number of carbonyl (C=O) groups excluding carboxylic acids is 1. The number of rotatable bonds is 5. The monoisotopic (exact) mass is 411 g/mol. The molecule has 30 heavy (non-hydrogen) atoms. The van der Waals surface area contributed by atoms with Gasteiger partial charge in [-0.1, -0.05) is 40.0 Å². The Morgan fingerprint density at radius 1 is 1.07 bits per heavy atom. The molecule has 0 spiro atoms. The first-order chi connectivity index (χ1) is 14.4. The number of aryl methyl sites for hydroxylation is 1. The maximum atomic E-state index is 13.0. The summed E-state index contributed by atoms with van der Waals surface area (Å²) in [6.45, 7) is 7.14. The highest BCUT2D eigenvalue weighted by atomic mass is 16.1. The molecule has 1 aromatic rings. The SMILES string of the molecule is CC12CCC(C1)C(C)(C)C2NC(=O)CCc1nn(C2CCCCC2)c2c1CCCC2. The number of carbonyl (C=O) groups is 1. The van der Waals surface area contributed by atoms with Crippen molar-refractivity contribution in [2.75, 3.05) is 0 Å². The van der Waals surface area contributed by atoms with Crippen LogP contribution >= 0.6 is 0 Å². The second-order valence-corrected chi connectivity index (χ2v) is 11.7. The lowest BCUT2D eigenvalue weighted by atomic mass is 9.68. The molecule has 0 aromatic carbocycles. The molecule has 3 fully saturated rings. The lowest BCUT2D eigenvalue weighted by Crippen LogP contribution is -2.52. The molecule has 4 aliphatic rings. The van der Waals surface area contributed by atoms with Crippen molar-refractivity contribution >= 4 is 5.91 Å². The Kier molecular flexibility index (Phi) is 5.26. The third-order valence-electron chi connectivity index (χ3n) is 9.38. The lowest BCUT2D eigenvalue weighted by Gasteiger charge is -2.43. The molecule has 1 heterocycles. The van der Waals surface area contributed by atoms with Crippen LogP contribution in [0.25, 0.3) is 0 Å². The molecule has 0 aliphatic heterocycles. The van der Waals surface area contributed by atoms with Gasteiger partial charge in [0.25, 0.3) is 0 Å². The summed E-state index contributed by atoms with van der Waals surface area (Å²) in [6.07, 6.45) is 16.8. The van der Waals surface area contributed by atoms with E-state index in [1.54, 1.807) is 0 Å². The van der Waals surface area contributed by atoms with Crippen LogP contribution in [0.15, 0.2) is 0 Å². The minimum Gasteiger partial charge on any atom is -0.352 e. The number of amides is 1. The van der Waals surface area contributed by atoms with E-state index in [9.17, 15) is 4.79 Å². The minimum atomic E-state index is 0.227. The Hall–Kier alpha value is -1.32. The first kappa shape index (κ1) is 20.6. The van der Waals surface area contributed by atoms with Gasteiger partial charge < -0.3 is 5.32 Å². The molecule has 4 heteroatoms. The van der Waals surface area contributed by atoms with Crippen LogP contribution in [0.2, 0.25) is 0 Å². The zero-order valence-corrected chi connectivity index (χ0v) is 19.4. The molecule has 4 nitrogen and oxygen atoms in total. The molecule has 0 saturated heterocycles. The molecule has 4 aliphatic carbocycles. The van der Waals surface area contributed by atoms with Crippen molar-refractivity contribution in [3.63, 3.8) is 0 Å². The highest BCUT2D eigenvalue weighted by Gasteiger charge is 2.59. The zero-order valence-electron chi connectivity index (χ0n) is 19.4. The summed E-state index contributed by atoms with van der Waals surface area (Å²) in [4.78, 5) is 13.0. The van der Waals surface area contributed by atoms with Crippen molar-refractivity contribution in [1.29, 1.82) is 0 Å². The Morgan fingerprint density at radius 2 is 1.83 bits per heavy atom. The molecule has 5 rings (SSSR count). The van der Waals surface area contributed by atoms with Crippen molar-refractivity contribution in [2.45, 2.75) is 123 Å². The number of nitrogens with zero attached hydrogens (tertiary/aromatic N) is 2. The van der Waals surface area contributed by atoms with Crippen LogP contribution in [0.1, 0.15) is 114 Å². The predicted octanol–water partition coefficient (Wildman–Crippen LogP) is 5.53. The van der Waals surface area contributed by atoms with E-state index in [1.807, 2.05) is 0 Å². The molecule has 0 radical (unpaired) electrons. The van der Waals surface area contributed by atoms with Gasteiger partial charge in [0.1, 0.15) is 0 Å². The molecule has 1 aromatic heterocycles. The Balaban J connectivity index is 1.27. The van der Waals surface area contributed by atoms with Gasteiger partial charge in [-0.25, -0.2) is 0 Å². The fraction of sp³-hybridized carbons (Fsp3) is 0.846. The topological polar surface area (TPSA) is 46.9 Å². The summed E-state index contributed by atoms with van der Waals surface area (Å²) in [5, 5.41) is 8.62. The molecule has 166 valence electrons. The van der Waals surface area contributed by atoms with Gasteiger partial charge >= 0.3 is 0 Å². The molecule has 3 unspecified atom stereocenters. The smallest absolute Gasteiger partial charge is 0.220 e. The molecule has 1 N–H and O–H groups in total. The number of hydrogen-bond acceptors (Lipinski definition) is 2. The van der Waals surface area contributed by atoms with E-state index >= 15 is 0 Å². The van der Waals surface area contributed by atoms with Gasteiger partial charge in [0.2, 0.25) is 5.91 Å². The highest BCUT2D eigenvalue weighted by molar-refractivity contribution is 5.76. The van der Waals surface area contributed by atoms with Crippen molar-refractivity contribution in [3.05, 3.63) is 17.0 Å². The van der Waals surface area contributed by atoms with E-state index in [1.165, 1.54) is 87.6 Å². The third kappa shape index (κ3) is 3.42. The summed E-state index contributed by atoms with van der Waals surface area (Å²) < 4.78 is 2.40. The quantitative estimate of drug-likeness (QED) is 0.692. The van der Waals surface area contributed by atoms with Crippen LogP contribution in [-0.2, 0) is 24.1 Å². The number of fused-ring (bicyclic) bond motifs is 3. The third-order valence-corrected chi connectivity index (χ3v) is 9.38. The van der Waals surface area contributed by atoms with Crippen molar-refractivity contribution < 1.29 is 4.79 Å². The maximum absolute atomic E-state index is 13.0. The Bertz CT molecular complexity index is 799. The van der Waals surface area contributed by atoms with E-state index in [0.29, 0.717) is 23.9 Å². The van der Waals surface area contributed by atoms with Gasteiger partial charge in [0, 0.05) is 24.6 Å². The standard InChI is InChI=1S/C26H41N3O/c1-25(2)18-15-16-26(3,17-18)24(25)27-23(30)14-13-21-20-11-7-8-12-22(20)29(28-21)19-9-5-4-6-10-19/h18-19,24H,4-17H2,1-3H3,(H,27,30).